The minimum Gasteiger partial charge on any atom is -0.497 e. The minimum atomic E-state index is -0.250. The number of nitrogens with zero attached hydrogens (tertiary/aromatic N) is 3. The van der Waals surface area contributed by atoms with Crippen molar-refractivity contribution in [1.29, 1.82) is 0 Å². The maximum atomic E-state index is 12.8. The van der Waals surface area contributed by atoms with Gasteiger partial charge in [-0.1, -0.05) is 18.2 Å². The topological polar surface area (TPSA) is 64.4 Å². The molecule has 0 atom stereocenters. The molecule has 0 aliphatic carbocycles. The van der Waals surface area contributed by atoms with Crippen LogP contribution in [0.2, 0.25) is 0 Å². The van der Waals surface area contributed by atoms with Crippen LogP contribution in [0.4, 0.5) is 5.69 Å². The number of para-hydroxylation sites is 1. The van der Waals surface area contributed by atoms with Crippen LogP contribution >= 0.6 is 0 Å². The molecule has 1 aliphatic rings. The standard InChI is InChI=1S/C22H21N3O3/c1-28-18-10-8-16(9-11-18)19-13-21(26)24(15-23-19)14-22(27)25-12-4-6-17-5-2-3-7-20(17)25/h2-3,5,7-11,13,15H,4,6,12,14H2,1H3. The summed E-state index contributed by atoms with van der Waals surface area (Å²) >= 11 is 0. The second kappa shape index (κ2) is 7.68. The molecule has 0 unspecified atom stereocenters. The molecule has 4 rings (SSSR count). The summed E-state index contributed by atoms with van der Waals surface area (Å²) < 4.78 is 6.50. The summed E-state index contributed by atoms with van der Waals surface area (Å²) in [7, 11) is 1.60. The Morgan fingerprint density at radius 1 is 1.14 bits per heavy atom. The van der Waals surface area contributed by atoms with Crippen LogP contribution < -0.4 is 15.2 Å². The number of aromatic nitrogens is 2. The average Bonchev–Trinajstić information content (AvgIpc) is 2.74. The summed E-state index contributed by atoms with van der Waals surface area (Å²) in [6, 6.07) is 16.7. The number of amides is 1. The van der Waals surface area contributed by atoms with Crippen molar-refractivity contribution in [1.82, 2.24) is 9.55 Å². The van der Waals surface area contributed by atoms with E-state index in [2.05, 4.69) is 4.98 Å². The average molecular weight is 375 g/mol. The molecule has 142 valence electrons. The molecule has 28 heavy (non-hydrogen) atoms. The normalized spacial score (nSPS) is 13.1. The van der Waals surface area contributed by atoms with E-state index in [1.165, 1.54) is 22.5 Å². The SMILES string of the molecule is COc1ccc(-c2cc(=O)n(CC(=O)N3CCCc4ccccc43)cn2)cc1. The Hall–Kier alpha value is -3.41. The van der Waals surface area contributed by atoms with E-state index in [-0.39, 0.29) is 18.0 Å². The smallest absolute Gasteiger partial charge is 0.254 e. The lowest BCUT2D eigenvalue weighted by molar-refractivity contribution is -0.119. The number of anilines is 1. The molecule has 2 aromatic carbocycles. The van der Waals surface area contributed by atoms with Crippen molar-refractivity contribution < 1.29 is 9.53 Å². The van der Waals surface area contributed by atoms with Crippen LogP contribution in [-0.4, -0.2) is 29.1 Å². The predicted octanol–water partition coefficient (Wildman–Crippen LogP) is 2.90. The summed E-state index contributed by atoms with van der Waals surface area (Å²) in [4.78, 5) is 31.5. The molecule has 2 heterocycles. The summed E-state index contributed by atoms with van der Waals surface area (Å²) in [5, 5.41) is 0. The first-order valence-electron chi connectivity index (χ1n) is 9.25. The first-order chi connectivity index (χ1) is 13.7. The molecule has 3 aromatic rings. The van der Waals surface area contributed by atoms with Gasteiger partial charge in [-0.15, -0.1) is 0 Å². The molecule has 0 bridgehead atoms. The quantitative estimate of drug-likeness (QED) is 0.703. The largest absolute Gasteiger partial charge is 0.497 e. The van der Waals surface area contributed by atoms with Gasteiger partial charge in [0.15, 0.2) is 0 Å². The molecule has 0 spiro atoms. The van der Waals surface area contributed by atoms with Crippen molar-refractivity contribution >= 4 is 11.6 Å². The zero-order chi connectivity index (χ0) is 19.5. The van der Waals surface area contributed by atoms with Gasteiger partial charge in [0.05, 0.1) is 19.1 Å². The highest BCUT2D eigenvalue weighted by molar-refractivity contribution is 5.94. The molecule has 1 aromatic heterocycles. The summed E-state index contributed by atoms with van der Waals surface area (Å²) in [5.41, 5.74) is 3.25. The molecule has 0 N–H and O–H groups in total. The van der Waals surface area contributed by atoms with Crippen molar-refractivity contribution in [2.24, 2.45) is 0 Å². The number of hydrogen-bond donors (Lipinski definition) is 0. The lowest BCUT2D eigenvalue weighted by atomic mass is 10.0. The fraction of sp³-hybridized carbons (Fsp3) is 0.227. The number of rotatable bonds is 4. The van der Waals surface area contributed by atoms with Gasteiger partial charge in [0, 0.05) is 23.9 Å². The predicted molar refractivity (Wildman–Crippen MR) is 108 cm³/mol. The molecule has 1 aliphatic heterocycles. The van der Waals surface area contributed by atoms with Crippen molar-refractivity contribution in [3.05, 3.63) is 76.8 Å². The van der Waals surface area contributed by atoms with E-state index in [9.17, 15) is 9.59 Å². The molecule has 0 saturated carbocycles. The van der Waals surface area contributed by atoms with Gasteiger partial charge in [-0.25, -0.2) is 4.98 Å². The van der Waals surface area contributed by atoms with Crippen LogP contribution in [0.15, 0.2) is 65.7 Å². The Morgan fingerprint density at radius 3 is 2.68 bits per heavy atom. The van der Waals surface area contributed by atoms with Crippen LogP contribution in [0.25, 0.3) is 11.3 Å². The van der Waals surface area contributed by atoms with Gasteiger partial charge in [-0.2, -0.15) is 0 Å². The number of ether oxygens (including phenoxy) is 1. The Bertz CT molecular complexity index is 1060. The number of carbonyl (C=O) groups is 1. The zero-order valence-corrected chi connectivity index (χ0v) is 15.7. The van der Waals surface area contributed by atoms with Gasteiger partial charge in [-0.05, 0) is 48.7 Å². The number of hydrogen-bond acceptors (Lipinski definition) is 4. The lowest BCUT2D eigenvalue weighted by Crippen LogP contribution is -2.39. The molecular formula is C22H21N3O3. The summed E-state index contributed by atoms with van der Waals surface area (Å²) in [6.45, 7) is 0.644. The van der Waals surface area contributed by atoms with Gasteiger partial charge >= 0.3 is 0 Å². The molecular weight excluding hydrogens is 354 g/mol. The maximum Gasteiger partial charge on any atom is 0.254 e. The van der Waals surface area contributed by atoms with E-state index >= 15 is 0 Å². The highest BCUT2D eigenvalue weighted by Gasteiger charge is 2.22. The van der Waals surface area contributed by atoms with E-state index < -0.39 is 0 Å². The fourth-order valence-corrected chi connectivity index (χ4v) is 3.49. The van der Waals surface area contributed by atoms with Crippen LogP contribution in [0.3, 0.4) is 0 Å². The molecule has 6 heteroatoms. The van der Waals surface area contributed by atoms with E-state index in [0.717, 1.165) is 29.8 Å². The fourth-order valence-electron chi connectivity index (χ4n) is 3.49. The van der Waals surface area contributed by atoms with E-state index in [1.807, 2.05) is 48.5 Å². The van der Waals surface area contributed by atoms with Crippen LogP contribution in [0, 0.1) is 0 Å². The van der Waals surface area contributed by atoms with Crippen LogP contribution in [0.5, 0.6) is 5.75 Å². The first kappa shape index (κ1) is 18.0. The third-order valence-electron chi connectivity index (χ3n) is 4.98. The number of aryl methyl sites for hydroxylation is 1. The monoisotopic (exact) mass is 375 g/mol. The number of carbonyl (C=O) groups excluding carboxylic acids is 1. The highest BCUT2D eigenvalue weighted by atomic mass is 16.5. The number of benzene rings is 2. The lowest BCUT2D eigenvalue weighted by Gasteiger charge is -2.29. The Labute approximate surface area is 163 Å². The second-order valence-corrected chi connectivity index (χ2v) is 6.75. The van der Waals surface area contributed by atoms with Gasteiger partial charge in [0.2, 0.25) is 5.91 Å². The van der Waals surface area contributed by atoms with E-state index in [4.69, 9.17) is 4.74 Å². The van der Waals surface area contributed by atoms with Gasteiger partial charge < -0.3 is 9.64 Å². The first-order valence-corrected chi connectivity index (χ1v) is 9.25. The summed E-state index contributed by atoms with van der Waals surface area (Å²) in [5.74, 6) is 0.637. The Kier molecular flexibility index (Phi) is 4.93. The Morgan fingerprint density at radius 2 is 1.93 bits per heavy atom. The van der Waals surface area contributed by atoms with Crippen molar-refractivity contribution in [2.75, 3.05) is 18.6 Å². The molecule has 0 saturated heterocycles. The molecule has 6 nitrogen and oxygen atoms in total. The van der Waals surface area contributed by atoms with Gasteiger partial charge in [0.25, 0.3) is 5.56 Å². The molecule has 1 amide bonds. The van der Waals surface area contributed by atoms with E-state index in [0.29, 0.717) is 12.2 Å². The maximum absolute atomic E-state index is 12.8. The zero-order valence-electron chi connectivity index (χ0n) is 15.7. The van der Waals surface area contributed by atoms with Gasteiger partial charge in [-0.3, -0.25) is 14.2 Å². The number of methoxy groups -OCH3 is 1. The van der Waals surface area contributed by atoms with Crippen LogP contribution in [0.1, 0.15) is 12.0 Å². The Balaban J connectivity index is 1.54. The highest BCUT2D eigenvalue weighted by Crippen LogP contribution is 2.26. The van der Waals surface area contributed by atoms with E-state index in [1.54, 1.807) is 12.0 Å². The molecule has 0 fully saturated rings. The van der Waals surface area contributed by atoms with Crippen LogP contribution in [-0.2, 0) is 17.8 Å². The summed E-state index contributed by atoms with van der Waals surface area (Å²) in [6.07, 6.45) is 3.33. The minimum absolute atomic E-state index is 0.0247. The third-order valence-corrected chi connectivity index (χ3v) is 4.98. The van der Waals surface area contributed by atoms with Gasteiger partial charge in [0.1, 0.15) is 12.3 Å². The molecule has 0 radical (unpaired) electrons. The van der Waals surface area contributed by atoms with Crippen molar-refractivity contribution in [3.8, 4) is 17.0 Å². The number of fused-ring (bicyclic) bond motifs is 1. The second-order valence-electron chi connectivity index (χ2n) is 6.75. The third kappa shape index (κ3) is 3.53. The van der Waals surface area contributed by atoms with Crippen molar-refractivity contribution in [3.63, 3.8) is 0 Å². The van der Waals surface area contributed by atoms with Crippen molar-refractivity contribution in [2.45, 2.75) is 19.4 Å².